The van der Waals surface area contributed by atoms with E-state index in [-0.39, 0.29) is 12.4 Å². The first kappa shape index (κ1) is 14.4. The molecule has 100 valence electrons. The Labute approximate surface area is 125 Å². The lowest BCUT2D eigenvalue weighted by atomic mass is 10.1. The van der Waals surface area contributed by atoms with Crippen LogP contribution >= 0.6 is 11.8 Å². The number of hydrogen-bond acceptors (Lipinski definition) is 1. The molecule has 0 unspecified atom stereocenters. The molecule has 0 aliphatic carbocycles. The molecule has 0 fully saturated rings. The van der Waals surface area contributed by atoms with Crippen LogP contribution in [0.4, 0.5) is 11.4 Å². The molecule has 19 heavy (non-hydrogen) atoms. The predicted octanol–water partition coefficient (Wildman–Crippen LogP) is 1.83. The van der Waals surface area contributed by atoms with Crippen molar-refractivity contribution in [1.82, 2.24) is 4.48 Å². The number of benzene rings is 2. The van der Waals surface area contributed by atoms with Gasteiger partial charge >= 0.3 is 0 Å². The van der Waals surface area contributed by atoms with Crippen LogP contribution in [0.25, 0.3) is 0 Å². The predicted molar refractivity (Wildman–Crippen MR) is 79.5 cm³/mol. The Morgan fingerprint density at radius 1 is 0.789 bits per heavy atom. The van der Waals surface area contributed by atoms with Gasteiger partial charge in [0.2, 0.25) is 0 Å². The van der Waals surface area contributed by atoms with E-state index in [1.54, 1.807) is 0 Å². The molecule has 2 aromatic carbocycles. The van der Waals surface area contributed by atoms with Crippen LogP contribution in [0.2, 0.25) is 0 Å². The van der Waals surface area contributed by atoms with Gasteiger partial charge in [-0.15, -0.1) is 0 Å². The Hall–Kier alpha value is -0.960. The molecule has 0 amide bonds. The van der Waals surface area contributed by atoms with Crippen LogP contribution in [-0.2, 0) is 0 Å². The van der Waals surface area contributed by atoms with Gasteiger partial charge in [0.05, 0.1) is 22.9 Å². The highest BCUT2D eigenvalue weighted by Crippen LogP contribution is 2.52. The second kappa shape index (κ2) is 5.58. The first-order valence-corrected chi connectivity index (χ1v) is 7.37. The van der Waals surface area contributed by atoms with Gasteiger partial charge in [0.1, 0.15) is 0 Å². The van der Waals surface area contributed by atoms with E-state index >= 15 is 0 Å². The lowest BCUT2D eigenvalue weighted by Gasteiger charge is -2.40. The molecule has 1 heterocycles. The van der Waals surface area contributed by atoms with Crippen molar-refractivity contribution in [1.29, 1.82) is 0 Å². The average molecular weight is 292 g/mol. The fourth-order valence-electron chi connectivity index (χ4n) is 2.95. The summed E-state index contributed by atoms with van der Waals surface area (Å²) >= 11 is 1.90. The largest absolute Gasteiger partial charge is 1.00 e. The van der Waals surface area contributed by atoms with E-state index in [0.717, 1.165) is 17.6 Å². The van der Waals surface area contributed by atoms with Crippen LogP contribution in [0.3, 0.4) is 0 Å². The molecular weight excluding hydrogens is 274 g/mol. The fraction of sp³-hybridized carbons (Fsp3) is 0.250. The summed E-state index contributed by atoms with van der Waals surface area (Å²) in [6.45, 7) is 6.77. The maximum atomic E-state index is 2.28. The third-order valence-electron chi connectivity index (χ3n) is 3.95. The molecular formula is C16H18ClNS. The molecule has 0 N–H and O–H groups in total. The number of hydrogen-bond donors (Lipinski definition) is 0. The number of para-hydroxylation sites is 2. The summed E-state index contributed by atoms with van der Waals surface area (Å²) in [5.41, 5.74) is 2.90. The first-order valence-electron chi connectivity index (χ1n) is 6.56. The molecule has 0 spiro atoms. The van der Waals surface area contributed by atoms with Crippen LogP contribution in [0.15, 0.2) is 58.3 Å². The minimum absolute atomic E-state index is 0. The summed E-state index contributed by atoms with van der Waals surface area (Å²) < 4.78 is 0.972. The van der Waals surface area contributed by atoms with E-state index in [1.165, 1.54) is 21.2 Å². The highest BCUT2D eigenvalue weighted by atomic mass is 35.5. The smallest absolute Gasteiger partial charge is 0.152 e. The van der Waals surface area contributed by atoms with Gasteiger partial charge in [-0.25, -0.2) is 0 Å². The SMILES string of the molecule is CC[N+]1(CC)c2ccccc2Sc2ccccc21.[Cl-]. The third-order valence-corrected chi connectivity index (χ3v) is 5.08. The lowest BCUT2D eigenvalue weighted by Crippen LogP contribution is -3.00. The van der Waals surface area contributed by atoms with Crippen LogP contribution < -0.4 is 16.9 Å². The highest BCUT2D eigenvalue weighted by molar-refractivity contribution is 7.99. The van der Waals surface area contributed by atoms with Crippen molar-refractivity contribution in [3.63, 3.8) is 0 Å². The Balaban J connectivity index is 0.00000133. The zero-order valence-electron chi connectivity index (χ0n) is 11.3. The van der Waals surface area contributed by atoms with E-state index in [2.05, 4.69) is 62.4 Å². The zero-order chi connectivity index (χ0) is 12.6. The number of rotatable bonds is 2. The van der Waals surface area contributed by atoms with E-state index in [9.17, 15) is 0 Å². The summed E-state index contributed by atoms with van der Waals surface area (Å²) in [4.78, 5) is 2.81. The maximum Gasteiger partial charge on any atom is 0.152 e. The van der Waals surface area contributed by atoms with Crippen molar-refractivity contribution < 1.29 is 12.4 Å². The highest BCUT2D eigenvalue weighted by Gasteiger charge is 2.38. The van der Waals surface area contributed by atoms with Crippen molar-refractivity contribution in [3.05, 3.63) is 48.5 Å². The van der Waals surface area contributed by atoms with Crippen molar-refractivity contribution in [3.8, 4) is 0 Å². The van der Waals surface area contributed by atoms with E-state index in [1.807, 2.05) is 11.8 Å². The minimum atomic E-state index is 0. The van der Waals surface area contributed by atoms with Crippen LogP contribution in [0.1, 0.15) is 13.8 Å². The molecule has 0 saturated carbocycles. The standard InChI is InChI=1S/C16H18NS.ClH/c1-3-17(4-2)13-9-5-7-11-15(13)18-16-12-8-6-10-14(16)17;/h5-12H,3-4H2,1-2H3;1H/q+1;/p-1. The molecule has 3 heteroatoms. The van der Waals surface area contributed by atoms with Crippen LogP contribution in [0, 0.1) is 0 Å². The van der Waals surface area contributed by atoms with Gasteiger partial charge in [-0.1, -0.05) is 36.0 Å². The molecule has 0 aromatic heterocycles. The Morgan fingerprint density at radius 2 is 1.21 bits per heavy atom. The Kier molecular flexibility index (Phi) is 4.24. The van der Waals surface area contributed by atoms with E-state index in [0.29, 0.717) is 0 Å². The van der Waals surface area contributed by atoms with Crippen LogP contribution in [-0.4, -0.2) is 13.1 Å². The molecule has 0 atom stereocenters. The van der Waals surface area contributed by atoms with Crippen molar-refractivity contribution in [2.75, 3.05) is 13.1 Å². The number of fused-ring (bicyclic) bond motifs is 2. The normalized spacial score (nSPS) is 15.1. The fourth-order valence-corrected chi connectivity index (χ4v) is 4.17. The molecule has 1 nitrogen and oxygen atoms in total. The monoisotopic (exact) mass is 291 g/mol. The van der Waals surface area contributed by atoms with Gasteiger partial charge in [0, 0.05) is 12.1 Å². The van der Waals surface area contributed by atoms with Gasteiger partial charge in [-0.05, 0) is 26.0 Å². The molecule has 3 rings (SSSR count). The molecule has 0 radical (unpaired) electrons. The van der Waals surface area contributed by atoms with Crippen LogP contribution in [0.5, 0.6) is 0 Å². The van der Waals surface area contributed by atoms with Crippen molar-refractivity contribution >= 4 is 23.1 Å². The summed E-state index contributed by atoms with van der Waals surface area (Å²) in [5.74, 6) is 0. The van der Waals surface area contributed by atoms with Crippen molar-refractivity contribution in [2.45, 2.75) is 23.6 Å². The van der Waals surface area contributed by atoms with E-state index in [4.69, 9.17) is 0 Å². The number of nitrogens with zero attached hydrogens (tertiary/aromatic N) is 1. The molecule has 1 aliphatic rings. The minimum Gasteiger partial charge on any atom is -1.00 e. The zero-order valence-corrected chi connectivity index (χ0v) is 12.8. The molecule has 2 aromatic rings. The Morgan fingerprint density at radius 3 is 1.63 bits per heavy atom. The molecule has 1 aliphatic heterocycles. The average Bonchev–Trinajstić information content (AvgIpc) is 2.45. The summed E-state index contributed by atoms with van der Waals surface area (Å²) in [6, 6.07) is 17.6. The molecule has 0 bridgehead atoms. The second-order valence-corrected chi connectivity index (χ2v) is 5.72. The second-order valence-electron chi connectivity index (χ2n) is 4.64. The topological polar surface area (TPSA) is 0 Å². The number of halogens is 1. The van der Waals surface area contributed by atoms with Gasteiger partial charge in [0.25, 0.3) is 0 Å². The van der Waals surface area contributed by atoms with Crippen molar-refractivity contribution in [2.24, 2.45) is 0 Å². The number of quaternary nitrogens is 1. The van der Waals surface area contributed by atoms with E-state index < -0.39 is 0 Å². The quantitative estimate of drug-likeness (QED) is 0.761. The lowest BCUT2D eigenvalue weighted by molar-refractivity contribution is -0.00000361. The first-order chi connectivity index (χ1) is 8.81. The van der Waals surface area contributed by atoms with Gasteiger partial charge in [0.15, 0.2) is 11.4 Å². The summed E-state index contributed by atoms with van der Waals surface area (Å²) in [5, 5.41) is 0. The maximum absolute atomic E-state index is 2.28. The van der Waals surface area contributed by atoms with Gasteiger partial charge in [-0.3, -0.25) is 4.48 Å². The third kappa shape index (κ3) is 2.08. The Bertz CT molecular complexity index is 531. The molecule has 0 saturated heterocycles. The van der Waals surface area contributed by atoms with Gasteiger partial charge < -0.3 is 12.4 Å². The summed E-state index contributed by atoms with van der Waals surface area (Å²) in [6.07, 6.45) is 0. The summed E-state index contributed by atoms with van der Waals surface area (Å²) in [7, 11) is 0. The van der Waals surface area contributed by atoms with Gasteiger partial charge in [-0.2, -0.15) is 0 Å².